The first-order valence-electron chi connectivity index (χ1n) is 10.4. The Morgan fingerprint density at radius 2 is 1.06 bits per heavy atom. The van der Waals surface area contributed by atoms with Crippen molar-refractivity contribution in [3.8, 4) is 0 Å². The van der Waals surface area contributed by atoms with Crippen LogP contribution >= 0.6 is 0 Å². The molecule has 2 rings (SSSR count). The summed E-state index contributed by atoms with van der Waals surface area (Å²) in [5.41, 5.74) is 0.988. The van der Waals surface area contributed by atoms with E-state index in [1.54, 1.807) is 27.7 Å². The Balaban J connectivity index is 2.15. The van der Waals surface area contributed by atoms with Gasteiger partial charge < -0.3 is 20.8 Å². The molecule has 0 aliphatic carbocycles. The molecular weight excluding hydrogens is 392 g/mol. The third-order valence-corrected chi connectivity index (χ3v) is 5.34. The van der Waals surface area contributed by atoms with E-state index in [-0.39, 0.29) is 0 Å². The summed E-state index contributed by atoms with van der Waals surface area (Å²) < 4.78 is 0. The number of carbonyl (C=O) groups excluding carboxylic acids is 2. The zero-order valence-electron chi connectivity index (χ0n) is 19.2. The van der Waals surface area contributed by atoms with Gasteiger partial charge in [-0.2, -0.15) is 0 Å². The standard InChI is InChI=1S/C25H34N2O4/c1-16-11-7-9-13-18(16)22(24(3,4)30)26-20(28)15-21(29)27-23(25(5,6)31)19-14-10-8-12-17(19)2/h7-14,22-23,30-31H,15H2,1-6H3,(H,26,28)(H,27,29)/t22-,23-/m1/s1. The highest BCUT2D eigenvalue weighted by Crippen LogP contribution is 2.29. The fourth-order valence-electron chi connectivity index (χ4n) is 3.66. The van der Waals surface area contributed by atoms with E-state index in [1.165, 1.54) is 0 Å². The topological polar surface area (TPSA) is 98.7 Å². The van der Waals surface area contributed by atoms with E-state index in [0.29, 0.717) is 0 Å². The summed E-state index contributed by atoms with van der Waals surface area (Å²) in [6.45, 7) is 10.3. The average Bonchev–Trinajstić information content (AvgIpc) is 2.64. The number of nitrogens with one attached hydrogen (secondary N) is 2. The lowest BCUT2D eigenvalue weighted by molar-refractivity contribution is -0.132. The minimum atomic E-state index is -1.23. The van der Waals surface area contributed by atoms with Crippen LogP contribution in [0.15, 0.2) is 48.5 Å². The van der Waals surface area contributed by atoms with Gasteiger partial charge in [-0.25, -0.2) is 0 Å². The second-order valence-corrected chi connectivity index (χ2v) is 9.20. The first-order valence-corrected chi connectivity index (χ1v) is 10.4. The van der Waals surface area contributed by atoms with Crippen LogP contribution in [0.25, 0.3) is 0 Å². The summed E-state index contributed by atoms with van der Waals surface area (Å²) in [6, 6.07) is 13.6. The van der Waals surface area contributed by atoms with Gasteiger partial charge in [-0.05, 0) is 63.8 Å². The molecule has 2 aromatic rings. The Bertz CT molecular complexity index is 850. The largest absolute Gasteiger partial charge is 0.388 e. The number of hydrogen-bond donors (Lipinski definition) is 4. The van der Waals surface area contributed by atoms with Crippen LogP contribution in [0.4, 0.5) is 0 Å². The van der Waals surface area contributed by atoms with E-state index < -0.39 is 41.5 Å². The van der Waals surface area contributed by atoms with Gasteiger partial charge in [-0.15, -0.1) is 0 Å². The van der Waals surface area contributed by atoms with Crippen molar-refractivity contribution in [2.75, 3.05) is 0 Å². The zero-order valence-corrected chi connectivity index (χ0v) is 19.2. The van der Waals surface area contributed by atoms with Crippen molar-refractivity contribution in [3.05, 3.63) is 70.8 Å². The van der Waals surface area contributed by atoms with Crippen molar-refractivity contribution >= 4 is 11.8 Å². The molecule has 0 saturated heterocycles. The van der Waals surface area contributed by atoms with Gasteiger partial charge in [-0.3, -0.25) is 9.59 Å². The second-order valence-electron chi connectivity index (χ2n) is 9.20. The Morgan fingerprint density at radius 1 is 0.742 bits per heavy atom. The Hall–Kier alpha value is -2.70. The lowest BCUT2D eigenvalue weighted by atomic mass is 9.88. The van der Waals surface area contributed by atoms with Crippen LogP contribution < -0.4 is 10.6 Å². The molecule has 0 spiro atoms. The number of aryl methyl sites for hydroxylation is 2. The van der Waals surface area contributed by atoms with E-state index in [9.17, 15) is 19.8 Å². The number of benzene rings is 2. The van der Waals surface area contributed by atoms with E-state index in [4.69, 9.17) is 0 Å². The summed E-state index contributed by atoms with van der Waals surface area (Å²) in [6.07, 6.45) is -0.420. The highest BCUT2D eigenvalue weighted by Gasteiger charge is 2.33. The molecule has 2 atom stereocenters. The van der Waals surface area contributed by atoms with E-state index >= 15 is 0 Å². The predicted octanol–water partition coefficient (Wildman–Crippen LogP) is 3.25. The summed E-state index contributed by atoms with van der Waals surface area (Å²) in [4.78, 5) is 25.4. The monoisotopic (exact) mass is 426 g/mol. The molecule has 4 N–H and O–H groups in total. The van der Waals surface area contributed by atoms with Crippen molar-refractivity contribution in [1.29, 1.82) is 0 Å². The van der Waals surface area contributed by atoms with Gasteiger partial charge in [0.15, 0.2) is 0 Å². The number of hydrogen-bond acceptors (Lipinski definition) is 4. The fourth-order valence-corrected chi connectivity index (χ4v) is 3.66. The van der Waals surface area contributed by atoms with Gasteiger partial charge in [0.2, 0.25) is 11.8 Å². The van der Waals surface area contributed by atoms with Gasteiger partial charge in [0.05, 0.1) is 23.3 Å². The fraction of sp³-hybridized carbons (Fsp3) is 0.440. The SMILES string of the molecule is Cc1ccccc1[C@@H](NC(=O)CC(=O)N[C@H](c1ccccc1C)C(C)(C)O)C(C)(C)O. The molecule has 31 heavy (non-hydrogen) atoms. The number of amides is 2. The molecule has 2 aromatic carbocycles. The predicted molar refractivity (Wildman–Crippen MR) is 121 cm³/mol. The van der Waals surface area contributed by atoms with Crippen LogP contribution in [0.2, 0.25) is 0 Å². The van der Waals surface area contributed by atoms with Crippen LogP contribution in [0.1, 0.15) is 68.5 Å². The maximum atomic E-state index is 12.7. The summed E-state index contributed by atoms with van der Waals surface area (Å²) >= 11 is 0. The highest BCUT2D eigenvalue weighted by molar-refractivity contribution is 5.97. The number of aliphatic hydroxyl groups is 2. The van der Waals surface area contributed by atoms with Crippen LogP contribution in [-0.2, 0) is 9.59 Å². The lowest BCUT2D eigenvalue weighted by Gasteiger charge is -2.33. The summed E-state index contributed by atoms with van der Waals surface area (Å²) in [5.74, 6) is -1.01. The van der Waals surface area contributed by atoms with E-state index in [0.717, 1.165) is 22.3 Å². The summed E-state index contributed by atoms with van der Waals surface area (Å²) in [5, 5.41) is 26.8. The average molecular weight is 427 g/mol. The molecule has 0 heterocycles. The second kappa shape index (κ2) is 9.62. The highest BCUT2D eigenvalue weighted by atomic mass is 16.3. The minimum Gasteiger partial charge on any atom is -0.388 e. The third-order valence-electron chi connectivity index (χ3n) is 5.34. The van der Waals surface area contributed by atoms with Crippen LogP contribution in [0.5, 0.6) is 0 Å². The first-order chi connectivity index (χ1) is 14.3. The molecule has 0 radical (unpaired) electrons. The molecule has 0 aromatic heterocycles. The lowest BCUT2D eigenvalue weighted by Crippen LogP contribution is -2.46. The maximum Gasteiger partial charge on any atom is 0.230 e. The Kier molecular flexibility index (Phi) is 7.63. The third kappa shape index (κ3) is 6.64. The first kappa shape index (κ1) is 24.6. The van der Waals surface area contributed by atoms with E-state index in [1.807, 2.05) is 62.4 Å². The molecule has 0 unspecified atom stereocenters. The van der Waals surface area contributed by atoms with Crippen molar-refractivity contribution in [3.63, 3.8) is 0 Å². The quantitative estimate of drug-likeness (QED) is 0.487. The minimum absolute atomic E-state index is 0.420. The molecular formula is C25H34N2O4. The molecule has 0 aliphatic heterocycles. The van der Waals surface area contributed by atoms with Crippen molar-refractivity contribution < 1.29 is 19.8 Å². The molecule has 2 amide bonds. The van der Waals surface area contributed by atoms with Gasteiger partial charge in [0.1, 0.15) is 6.42 Å². The van der Waals surface area contributed by atoms with Crippen LogP contribution in [-0.4, -0.2) is 33.2 Å². The van der Waals surface area contributed by atoms with E-state index in [2.05, 4.69) is 10.6 Å². The number of carbonyl (C=O) groups is 2. The molecule has 0 saturated carbocycles. The normalized spacial score (nSPS) is 13.9. The number of rotatable bonds is 8. The molecule has 0 fully saturated rings. The molecule has 0 aliphatic rings. The van der Waals surface area contributed by atoms with Crippen molar-refractivity contribution in [2.45, 2.75) is 71.2 Å². The van der Waals surface area contributed by atoms with Gasteiger partial charge in [0.25, 0.3) is 0 Å². The van der Waals surface area contributed by atoms with Crippen LogP contribution in [0.3, 0.4) is 0 Å². The smallest absolute Gasteiger partial charge is 0.230 e. The molecule has 6 nitrogen and oxygen atoms in total. The van der Waals surface area contributed by atoms with Gasteiger partial charge >= 0.3 is 0 Å². The van der Waals surface area contributed by atoms with Gasteiger partial charge in [-0.1, -0.05) is 48.5 Å². The zero-order chi connectivity index (χ0) is 23.4. The molecule has 6 heteroatoms. The molecule has 168 valence electrons. The van der Waals surface area contributed by atoms with Gasteiger partial charge in [0, 0.05) is 0 Å². The molecule has 0 bridgehead atoms. The van der Waals surface area contributed by atoms with Crippen molar-refractivity contribution in [2.24, 2.45) is 0 Å². The Labute approximate surface area is 184 Å². The van der Waals surface area contributed by atoms with Crippen molar-refractivity contribution in [1.82, 2.24) is 10.6 Å². The Morgan fingerprint density at radius 3 is 1.35 bits per heavy atom. The maximum absolute atomic E-state index is 12.7. The van der Waals surface area contributed by atoms with Crippen LogP contribution in [0, 0.1) is 13.8 Å². The summed E-state index contributed by atoms with van der Waals surface area (Å²) in [7, 11) is 0.